The van der Waals surface area contributed by atoms with Crippen molar-refractivity contribution in [3.63, 3.8) is 0 Å². The molecule has 0 radical (unpaired) electrons. The fraction of sp³-hybridized carbons (Fsp3) is 0.440. The fourth-order valence-electron chi connectivity index (χ4n) is 5.96. The maximum atomic E-state index is 15.2. The summed E-state index contributed by atoms with van der Waals surface area (Å²) in [6.45, 7) is 2.92. The smallest absolute Gasteiger partial charge is 0.221 e. The van der Waals surface area contributed by atoms with E-state index in [1.165, 1.54) is 16.4 Å². The van der Waals surface area contributed by atoms with Crippen LogP contribution in [0.1, 0.15) is 42.2 Å². The van der Waals surface area contributed by atoms with Crippen LogP contribution in [0.5, 0.6) is 0 Å². The molecule has 3 heterocycles. The predicted molar refractivity (Wildman–Crippen MR) is 127 cm³/mol. The zero-order valence-electron chi connectivity index (χ0n) is 19.3. The molecule has 184 valence electrons. The Bertz CT molecular complexity index is 1320. The third-order valence-electron chi connectivity index (χ3n) is 7.91. The number of benzene rings is 2. The van der Waals surface area contributed by atoms with Crippen molar-refractivity contribution < 1.29 is 17.2 Å². The van der Waals surface area contributed by atoms with E-state index in [2.05, 4.69) is 10.2 Å². The topological polar surface area (TPSA) is 71.3 Å². The molecule has 0 spiro atoms. The van der Waals surface area contributed by atoms with Crippen molar-refractivity contribution in [1.82, 2.24) is 19.1 Å². The molecule has 1 unspecified atom stereocenters. The van der Waals surface area contributed by atoms with E-state index in [4.69, 9.17) is 0 Å². The molecule has 1 aromatic heterocycles. The lowest BCUT2D eigenvalue weighted by Crippen LogP contribution is -2.44. The highest BCUT2D eigenvalue weighted by molar-refractivity contribution is 7.89. The van der Waals surface area contributed by atoms with E-state index in [0.29, 0.717) is 43.8 Å². The van der Waals surface area contributed by atoms with Gasteiger partial charge in [-0.2, -0.15) is 4.31 Å². The van der Waals surface area contributed by atoms with Crippen molar-refractivity contribution in [2.75, 3.05) is 18.0 Å². The van der Waals surface area contributed by atoms with Crippen LogP contribution in [-0.4, -0.2) is 46.6 Å². The van der Waals surface area contributed by atoms with Crippen molar-refractivity contribution in [3.8, 4) is 0 Å². The van der Waals surface area contributed by atoms with Gasteiger partial charge in [-0.05, 0) is 31.4 Å². The van der Waals surface area contributed by atoms with Crippen LogP contribution >= 0.6 is 0 Å². The molecule has 2 aliphatic heterocycles. The van der Waals surface area contributed by atoms with Gasteiger partial charge in [-0.3, -0.25) is 0 Å². The maximum Gasteiger partial charge on any atom is 0.221 e. The van der Waals surface area contributed by atoms with Gasteiger partial charge in [-0.15, -0.1) is 10.2 Å². The summed E-state index contributed by atoms with van der Waals surface area (Å²) in [5.74, 6) is -0.378. The first-order chi connectivity index (χ1) is 16.8. The summed E-state index contributed by atoms with van der Waals surface area (Å²) >= 11 is 0. The lowest BCUT2D eigenvalue weighted by molar-refractivity contribution is 0.279. The Kier molecular flexibility index (Phi) is 5.41. The summed E-state index contributed by atoms with van der Waals surface area (Å²) in [6, 6.07) is 11.5. The third kappa shape index (κ3) is 3.83. The number of sulfonamides is 1. The first-order valence-electron chi connectivity index (χ1n) is 12.0. The molecule has 0 N–H and O–H groups in total. The van der Waals surface area contributed by atoms with Crippen LogP contribution in [0.3, 0.4) is 0 Å². The van der Waals surface area contributed by atoms with E-state index in [9.17, 15) is 8.42 Å². The first kappa shape index (κ1) is 22.6. The monoisotopic (exact) mass is 499 g/mol. The maximum absolute atomic E-state index is 15.2. The quantitative estimate of drug-likeness (QED) is 0.532. The molecule has 5 atom stereocenters. The fourth-order valence-corrected chi connectivity index (χ4v) is 8.15. The highest BCUT2D eigenvalue weighted by atomic mass is 32.2. The zero-order chi connectivity index (χ0) is 24.3. The van der Waals surface area contributed by atoms with Crippen LogP contribution in [0.25, 0.3) is 0 Å². The molecule has 6 rings (SSSR count). The first-order valence-corrected chi connectivity index (χ1v) is 13.5. The van der Waals surface area contributed by atoms with Crippen molar-refractivity contribution in [2.45, 2.75) is 43.6 Å². The second-order valence-corrected chi connectivity index (χ2v) is 12.0. The lowest BCUT2D eigenvalue weighted by Gasteiger charge is -2.37. The van der Waals surface area contributed by atoms with Crippen molar-refractivity contribution in [2.24, 2.45) is 11.8 Å². The highest BCUT2D eigenvalue weighted by Crippen LogP contribution is 2.56. The van der Waals surface area contributed by atoms with Gasteiger partial charge < -0.3 is 9.47 Å². The van der Waals surface area contributed by atoms with E-state index in [1.54, 1.807) is 24.8 Å². The van der Waals surface area contributed by atoms with Gasteiger partial charge in [0.05, 0.1) is 5.69 Å². The Hall–Kier alpha value is -2.85. The summed E-state index contributed by atoms with van der Waals surface area (Å²) in [7, 11) is -3.73. The molecular formula is C25H27F2N5O2S. The van der Waals surface area contributed by atoms with Gasteiger partial charge in [0.25, 0.3) is 0 Å². The molecule has 10 heteroatoms. The SMILES string of the molecule is C[C@H]1CC[C@@H](c2ccccc2)S(=O)(=O)N1Cc1cc(F)c(N2C[C@@H]3C(n4cnnc4)[C@@H]3C2)cc1F. The average Bonchev–Trinajstić information content (AvgIpc) is 3.21. The molecule has 0 bridgehead atoms. The molecule has 2 saturated heterocycles. The van der Waals surface area contributed by atoms with Crippen LogP contribution < -0.4 is 4.90 Å². The van der Waals surface area contributed by atoms with Gasteiger partial charge in [-0.1, -0.05) is 30.3 Å². The molecule has 7 nitrogen and oxygen atoms in total. The second kappa shape index (κ2) is 8.37. The summed E-state index contributed by atoms with van der Waals surface area (Å²) in [5, 5.41) is 7.02. The Morgan fingerprint density at radius 2 is 1.66 bits per heavy atom. The molecule has 1 aliphatic carbocycles. The number of hydrogen-bond donors (Lipinski definition) is 0. The minimum atomic E-state index is -3.73. The number of fused-ring (bicyclic) bond motifs is 1. The normalized spacial score (nSPS) is 29.8. The zero-order valence-corrected chi connectivity index (χ0v) is 20.2. The molecule has 2 aromatic carbocycles. The molecule has 0 amide bonds. The Balaban J connectivity index is 1.20. The van der Waals surface area contributed by atoms with Crippen molar-refractivity contribution >= 4 is 15.7 Å². The predicted octanol–water partition coefficient (Wildman–Crippen LogP) is 3.92. The number of halogens is 2. The Morgan fingerprint density at radius 1 is 0.971 bits per heavy atom. The van der Waals surface area contributed by atoms with Gasteiger partial charge >= 0.3 is 0 Å². The Labute approximate surface area is 203 Å². The average molecular weight is 500 g/mol. The van der Waals surface area contributed by atoms with E-state index >= 15 is 8.78 Å². The van der Waals surface area contributed by atoms with Crippen LogP contribution in [0.4, 0.5) is 14.5 Å². The number of nitrogens with zero attached hydrogens (tertiary/aromatic N) is 5. The lowest BCUT2D eigenvalue weighted by atomic mass is 10.0. The van der Waals surface area contributed by atoms with E-state index in [1.807, 2.05) is 34.6 Å². The van der Waals surface area contributed by atoms with E-state index < -0.39 is 26.9 Å². The van der Waals surface area contributed by atoms with Crippen LogP contribution in [-0.2, 0) is 16.6 Å². The van der Waals surface area contributed by atoms with Crippen LogP contribution in [0, 0.1) is 23.5 Å². The number of aromatic nitrogens is 3. The summed E-state index contributed by atoms with van der Waals surface area (Å²) in [6.07, 6.45) is 4.55. The number of rotatable bonds is 5. The van der Waals surface area contributed by atoms with Crippen LogP contribution in [0.2, 0.25) is 0 Å². The molecule has 3 aromatic rings. The Morgan fingerprint density at radius 3 is 2.34 bits per heavy atom. The highest BCUT2D eigenvalue weighted by Gasteiger charge is 2.57. The van der Waals surface area contributed by atoms with Gasteiger partial charge in [0.15, 0.2) is 0 Å². The minimum Gasteiger partial charge on any atom is -0.368 e. The molecule has 1 saturated carbocycles. The van der Waals surface area contributed by atoms with Crippen LogP contribution in [0.15, 0.2) is 55.1 Å². The largest absolute Gasteiger partial charge is 0.368 e. The number of piperidine rings is 1. The second-order valence-electron chi connectivity index (χ2n) is 9.94. The summed E-state index contributed by atoms with van der Waals surface area (Å²) < 4.78 is 60.6. The number of anilines is 1. The van der Waals surface area contributed by atoms with E-state index in [0.717, 1.165) is 5.56 Å². The molecule has 3 aliphatic rings. The standard InChI is InChI=1S/C25H27F2N5O2S/c1-16-7-8-24(17-5-3-2-4-6-17)35(33,34)32(16)11-18-9-22(27)23(10-21(18)26)30-12-19-20(13-30)25(19)31-14-28-29-15-31/h2-6,9-10,14-16,19-20,24-25H,7-8,11-13H2,1H3/t16-,19-,20+,24-,25?/m0/s1. The van der Waals surface area contributed by atoms with E-state index in [-0.39, 0.29) is 23.8 Å². The number of hydrogen-bond acceptors (Lipinski definition) is 5. The summed E-state index contributed by atoms with van der Waals surface area (Å²) in [4.78, 5) is 1.88. The van der Waals surface area contributed by atoms with Gasteiger partial charge in [0.2, 0.25) is 10.0 Å². The minimum absolute atomic E-state index is 0.0575. The van der Waals surface area contributed by atoms with Gasteiger partial charge in [-0.25, -0.2) is 17.2 Å². The van der Waals surface area contributed by atoms with Crippen molar-refractivity contribution in [1.29, 1.82) is 0 Å². The molecule has 3 fully saturated rings. The van der Waals surface area contributed by atoms with Crippen molar-refractivity contribution in [3.05, 3.63) is 77.9 Å². The summed E-state index contributed by atoms with van der Waals surface area (Å²) in [5.41, 5.74) is 1.02. The molecule has 35 heavy (non-hydrogen) atoms. The van der Waals surface area contributed by atoms with Gasteiger partial charge in [0.1, 0.15) is 29.5 Å². The molecular weight excluding hydrogens is 472 g/mol. The van der Waals surface area contributed by atoms with Gasteiger partial charge in [0, 0.05) is 55.2 Å². The third-order valence-corrected chi connectivity index (χ3v) is 10.3.